The van der Waals surface area contributed by atoms with Gasteiger partial charge < -0.3 is 15.0 Å². The number of benzene rings is 2. The zero-order valence-corrected chi connectivity index (χ0v) is 17.5. The molecule has 0 aliphatic carbocycles. The fourth-order valence-electron chi connectivity index (χ4n) is 3.48. The average molecular weight is 441 g/mol. The molecule has 1 fully saturated rings. The SMILES string of the molecule is CNC(=O)NC(=O)C(OC(=O)C1CCCN(C(=O)c2ccc(F)cc2)C1)c1ccccc1. The highest BCUT2D eigenvalue weighted by Gasteiger charge is 2.34. The lowest BCUT2D eigenvalue weighted by Gasteiger charge is -2.32. The van der Waals surface area contributed by atoms with Crippen molar-refractivity contribution in [2.24, 2.45) is 5.92 Å². The second-order valence-electron chi connectivity index (χ2n) is 7.39. The molecule has 4 amide bonds. The third kappa shape index (κ3) is 5.69. The number of nitrogens with one attached hydrogen (secondary N) is 2. The topological polar surface area (TPSA) is 105 Å². The molecule has 2 atom stereocenters. The lowest BCUT2D eigenvalue weighted by Crippen LogP contribution is -2.44. The van der Waals surface area contributed by atoms with Gasteiger partial charge >= 0.3 is 12.0 Å². The molecular formula is C23H24FN3O5. The van der Waals surface area contributed by atoms with E-state index in [0.29, 0.717) is 30.5 Å². The number of carbonyl (C=O) groups is 4. The minimum Gasteiger partial charge on any atom is -0.447 e. The molecule has 9 heteroatoms. The van der Waals surface area contributed by atoms with Crippen molar-refractivity contribution in [3.05, 3.63) is 71.5 Å². The van der Waals surface area contributed by atoms with E-state index in [9.17, 15) is 23.6 Å². The molecule has 0 spiro atoms. The first kappa shape index (κ1) is 22.9. The second kappa shape index (κ2) is 10.5. The summed E-state index contributed by atoms with van der Waals surface area (Å²) in [4.78, 5) is 51.3. The summed E-state index contributed by atoms with van der Waals surface area (Å²) in [6.45, 7) is 0.576. The number of esters is 1. The Morgan fingerprint density at radius 2 is 1.75 bits per heavy atom. The van der Waals surface area contributed by atoms with Gasteiger partial charge in [0.2, 0.25) is 6.10 Å². The number of imide groups is 1. The van der Waals surface area contributed by atoms with Gasteiger partial charge in [0.1, 0.15) is 5.82 Å². The molecule has 168 valence electrons. The summed E-state index contributed by atoms with van der Waals surface area (Å²) in [7, 11) is 1.36. The third-order valence-electron chi connectivity index (χ3n) is 5.17. The fraction of sp³-hybridized carbons (Fsp3) is 0.304. The van der Waals surface area contributed by atoms with E-state index in [-0.39, 0.29) is 12.5 Å². The number of rotatable bonds is 5. The second-order valence-corrected chi connectivity index (χ2v) is 7.39. The number of piperidine rings is 1. The molecule has 0 bridgehead atoms. The summed E-state index contributed by atoms with van der Waals surface area (Å²) in [5, 5.41) is 4.41. The smallest absolute Gasteiger partial charge is 0.321 e. The van der Waals surface area contributed by atoms with Crippen molar-refractivity contribution < 1.29 is 28.3 Å². The van der Waals surface area contributed by atoms with Crippen LogP contribution in [0.3, 0.4) is 0 Å². The summed E-state index contributed by atoms with van der Waals surface area (Å²) >= 11 is 0. The number of likely N-dealkylation sites (tertiary alicyclic amines) is 1. The zero-order valence-electron chi connectivity index (χ0n) is 17.5. The number of halogens is 1. The number of nitrogens with zero attached hydrogens (tertiary/aromatic N) is 1. The molecule has 3 rings (SSSR count). The predicted octanol–water partition coefficient (Wildman–Crippen LogP) is 2.42. The van der Waals surface area contributed by atoms with E-state index in [2.05, 4.69) is 10.6 Å². The highest BCUT2D eigenvalue weighted by Crippen LogP contribution is 2.24. The molecular weight excluding hydrogens is 417 g/mol. The molecule has 2 N–H and O–H groups in total. The number of amides is 4. The predicted molar refractivity (Wildman–Crippen MR) is 113 cm³/mol. The molecule has 0 saturated carbocycles. The minimum atomic E-state index is -1.32. The van der Waals surface area contributed by atoms with Gasteiger partial charge in [0.25, 0.3) is 11.8 Å². The van der Waals surface area contributed by atoms with Gasteiger partial charge in [-0.1, -0.05) is 30.3 Å². The molecule has 32 heavy (non-hydrogen) atoms. The monoisotopic (exact) mass is 441 g/mol. The van der Waals surface area contributed by atoms with Crippen LogP contribution in [0.15, 0.2) is 54.6 Å². The van der Waals surface area contributed by atoms with Crippen LogP contribution in [0.4, 0.5) is 9.18 Å². The minimum absolute atomic E-state index is 0.119. The Hall–Kier alpha value is -3.75. The van der Waals surface area contributed by atoms with E-state index in [4.69, 9.17) is 4.74 Å². The summed E-state index contributed by atoms with van der Waals surface area (Å²) in [6, 6.07) is 12.8. The molecule has 1 aliphatic heterocycles. The molecule has 8 nitrogen and oxygen atoms in total. The number of ether oxygens (including phenoxy) is 1. The Labute approximate surface area is 184 Å². The molecule has 0 aromatic heterocycles. The van der Waals surface area contributed by atoms with Crippen LogP contribution >= 0.6 is 0 Å². The summed E-state index contributed by atoms with van der Waals surface area (Å²) in [6.07, 6.45) is -0.248. The van der Waals surface area contributed by atoms with Crippen LogP contribution in [-0.4, -0.2) is 48.9 Å². The highest BCUT2D eigenvalue weighted by atomic mass is 19.1. The van der Waals surface area contributed by atoms with Gasteiger partial charge in [-0.05, 0) is 37.1 Å². The van der Waals surface area contributed by atoms with Crippen molar-refractivity contribution >= 4 is 23.8 Å². The van der Waals surface area contributed by atoms with E-state index in [0.717, 1.165) is 0 Å². The summed E-state index contributed by atoms with van der Waals surface area (Å²) < 4.78 is 18.7. The Bertz CT molecular complexity index is 981. The molecule has 2 aromatic rings. The highest BCUT2D eigenvalue weighted by molar-refractivity contribution is 5.98. The van der Waals surface area contributed by atoms with E-state index < -0.39 is 35.7 Å². The largest absolute Gasteiger partial charge is 0.447 e. The van der Waals surface area contributed by atoms with Crippen LogP contribution in [-0.2, 0) is 14.3 Å². The van der Waals surface area contributed by atoms with Gasteiger partial charge in [-0.15, -0.1) is 0 Å². The fourth-order valence-corrected chi connectivity index (χ4v) is 3.48. The van der Waals surface area contributed by atoms with Crippen LogP contribution in [0.25, 0.3) is 0 Å². The van der Waals surface area contributed by atoms with Gasteiger partial charge in [0, 0.05) is 31.3 Å². The van der Waals surface area contributed by atoms with Crippen LogP contribution in [0.2, 0.25) is 0 Å². The summed E-state index contributed by atoms with van der Waals surface area (Å²) in [5.41, 5.74) is 0.741. The van der Waals surface area contributed by atoms with Crippen LogP contribution in [0.5, 0.6) is 0 Å². The van der Waals surface area contributed by atoms with Crippen molar-refractivity contribution in [1.29, 1.82) is 0 Å². The number of carbonyl (C=O) groups excluding carboxylic acids is 4. The quantitative estimate of drug-likeness (QED) is 0.694. The third-order valence-corrected chi connectivity index (χ3v) is 5.17. The molecule has 2 aromatic carbocycles. The first-order valence-corrected chi connectivity index (χ1v) is 10.2. The first-order chi connectivity index (χ1) is 15.4. The Balaban J connectivity index is 1.71. The Kier molecular flexibility index (Phi) is 7.54. The first-order valence-electron chi connectivity index (χ1n) is 10.2. The maximum atomic E-state index is 13.1. The number of urea groups is 1. The van der Waals surface area contributed by atoms with E-state index in [1.54, 1.807) is 30.3 Å². The van der Waals surface area contributed by atoms with Crippen LogP contribution < -0.4 is 10.6 Å². The van der Waals surface area contributed by atoms with Crippen molar-refractivity contribution in [2.45, 2.75) is 18.9 Å². The van der Waals surface area contributed by atoms with Crippen LogP contribution in [0, 0.1) is 11.7 Å². The lowest BCUT2D eigenvalue weighted by atomic mass is 9.97. The normalized spacial score (nSPS) is 16.6. The Morgan fingerprint density at radius 1 is 1.06 bits per heavy atom. The van der Waals surface area contributed by atoms with Gasteiger partial charge in [0.15, 0.2) is 0 Å². The van der Waals surface area contributed by atoms with Gasteiger partial charge in [-0.25, -0.2) is 9.18 Å². The molecule has 2 unspecified atom stereocenters. The molecule has 0 radical (unpaired) electrons. The summed E-state index contributed by atoms with van der Waals surface area (Å²) in [5.74, 6) is -2.79. The van der Waals surface area contributed by atoms with E-state index in [1.165, 1.54) is 36.2 Å². The van der Waals surface area contributed by atoms with Crippen molar-refractivity contribution in [3.8, 4) is 0 Å². The standard InChI is InChI=1S/C23H24FN3O5/c1-25-23(31)26-20(28)19(15-6-3-2-4-7-15)32-22(30)17-8-5-13-27(14-17)21(29)16-9-11-18(24)12-10-16/h2-4,6-7,9-12,17,19H,5,8,13-14H2,1H3,(H2,25,26,28,31). The maximum Gasteiger partial charge on any atom is 0.321 e. The maximum absolute atomic E-state index is 13.1. The molecule has 1 aliphatic rings. The zero-order chi connectivity index (χ0) is 23.1. The number of hydrogen-bond acceptors (Lipinski definition) is 5. The van der Waals surface area contributed by atoms with Crippen LogP contribution in [0.1, 0.15) is 34.9 Å². The van der Waals surface area contributed by atoms with Gasteiger partial charge in [-0.2, -0.15) is 0 Å². The van der Waals surface area contributed by atoms with E-state index in [1.807, 2.05) is 0 Å². The number of hydrogen-bond donors (Lipinski definition) is 2. The lowest BCUT2D eigenvalue weighted by molar-refractivity contribution is -0.161. The van der Waals surface area contributed by atoms with E-state index >= 15 is 0 Å². The van der Waals surface area contributed by atoms with Crippen molar-refractivity contribution in [3.63, 3.8) is 0 Å². The Morgan fingerprint density at radius 3 is 2.41 bits per heavy atom. The van der Waals surface area contributed by atoms with Gasteiger partial charge in [0.05, 0.1) is 5.92 Å². The van der Waals surface area contributed by atoms with Crippen molar-refractivity contribution in [1.82, 2.24) is 15.5 Å². The van der Waals surface area contributed by atoms with Crippen molar-refractivity contribution in [2.75, 3.05) is 20.1 Å². The molecule has 1 saturated heterocycles. The molecule has 1 heterocycles. The van der Waals surface area contributed by atoms with Gasteiger partial charge in [-0.3, -0.25) is 19.7 Å². The average Bonchev–Trinajstić information content (AvgIpc) is 2.82.